The average Bonchev–Trinajstić information content (AvgIpc) is 2.31. The molecule has 0 fully saturated rings. The summed E-state index contributed by atoms with van der Waals surface area (Å²) >= 11 is 2.84. The second-order valence-corrected chi connectivity index (χ2v) is 4.34. The maximum atomic E-state index is 12.9. The summed E-state index contributed by atoms with van der Waals surface area (Å²) in [6.45, 7) is -1.90. The van der Waals surface area contributed by atoms with Crippen molar-refractivity contribution in [2.75, 3.05) is 13.1 Å². The van der Waals surface area contributed by atoms with Gasteiger partial charge in [-0.3, -0.25) is 4.79 Å². The third-order valence-corrected chi connectivity index (χ3v) is 2.72. The van der Waals surface area contributed by atoms with E-state index in [4.69, 9.17) is 5.73 Å². The van der Waals surface area contributed by atoms with E-state index in [-0.39, 0.29) is 22.4 Å². The molecule has 0 saturated carbocycles. The van der Waals surface area contributed by atoms with Crippen molar-refractivity contribution < 1.29 is 22.4 Å². The van der Waals surface area contributed by atoms with Crippen molar-refractivity contribution >= 4 is 34.2 Å². The number of nitrogens with one attached hydrogen (secondary N) is 1. The number of rotatable bonds is 4. The summed E-state index contributed by atoms with van der Waals surface area (Å²) in [5.74, 6) is -6.59. The van der Waals surface area contributed by atoms with E-state index >= 15 is 0 Å². The van der Waals surface area contributed by atoms with Gasteiger partial charge in [0, 0.05) is 4.47 Å². The second kappa shape index (κ2) is 7.06. The van der Waals surface area contributed by atoms with Crippen LogP contribution in [-0.4, -0.2) is 24.9 Å². The van der Waals surface area contributed by atoms with Gasteiger partial charge < -0.3 is 11.1 Å². The summed E-state index contributed by atoms with van der Waals surface area (Å²) in [5, 5.41) is 1.89. The minimum absolute atomic E-state index is 0. The SMILES string of the molecule is Cl.NCC(F)(F)CNC(=O)c1cc(F)c(F)cc1Br. The Bertz CT molecular complexity index is 473. The zero-order chi connectivity index (χ0) is 13.9. The van der Waals surface area contributed by atoms with Crippen molar-refractivity contribution in [1.29, 1.82) is 0 Å². The number of carbonyl (C=O) groups excluding carboxylic acids is 1. The van der Waals surface area contributed by atoms with Gasteiger partial charge in [0.2, 0.25) is 0 Å². The maximum absolute atomic E-state index is 12.9. The fraction of sp³-hybridized carbons (Fsp3) is 0.300. The Labute approximate surface area is 121 Å². The number of halogens is 6. The highest BCUT2D eigenvalue weighted by atomic mass is 79.9. The Morgan fingerprint density at radius 2 is 1.84 bits per heavy atom. The van der Waals surface area contributed by atoms with Crippen LogP contribution in [0.2, 0.25) is 0 Å². The predicted octanol–water partition coefficient (Wildman–Crippen LogP) is 2.47. The van der Waals surface area contributed by atoms with E-state index in [1.807, 2.05) is 5.32 Å². The highest BCUT2D eigenvalue weighted by Gasteiger charge is 2.27. The highest BCUT2D eigenvalue weighted by Crippen LogP contribution is 2.20. The second-order valence-electron chi connectivity index (χ2n) is 3.49. The van der Waals surface area contributed by atoms with Crippen LogP contribution in [0.25, 0.3) is 0 Å². The van der Waals surface area contributed by atoms with Crippen molar-refractivity contribution in [1.82, 2.24) is 5.32 Å². The molecule has 108 valence electrons. The van der Waals surface area contributed by atoms with Crippen LogP contribution in [0.1, 0.15) is 10.4 Å². The lowest BCUT2D eigenvalue weighted by Gasteiger charge is -2.15. The number of amides is 1. The van der Waals surface area contributed by atoms with Gasteiger partial charge in [-0.2, -0.15) is 0 Å². The topological polar surface area (TPSA) is 55.1 Å². The molecule has 0 saturated heterocycles. The normalized spacial score (nSPS) is 10.8. The Balaban J connectivity index is 0.00000324. The van der Waals surface area contributed by atoms with E-state index in [1.165, 1.54) is 0 Å². The largest absolute Gasteiger partial charge is 0.346 e. The van der Waals surface area contributed by atoms with Crippen LogP contribution in [0.5, 0.6) is 0 Å². The number of hydrogen-bond acceptors (Lipinski definition) is 2. The molecule has 3 N–H and O–H groups in total. The first-order valence-corrected chi connectivity index (χ1v) is 5.57. The van der Waals surface area contributed by atoms with Crippen LogP contribution < -0.4 is 11.1 Å². The number of nitrogens with two attached hydrogens (primary N) is 1. The van der Waals surface area contributed by atoms with E-state index in [0.717, 1.165) is 6.07 Å². The third kappa shape index (κ3) is 4.96. The van der Waals surface area contributed by atoms with E-state index in [2.05, 4.69) is 15.9 Å². The van der Waals surface area contributed by atoms with Gasteiger partial charge in [0.1, 0.15) is 0 Å². The van der Waals surface area contributed by atoms with Crippen LogP contribution in [-0.2, 0) is 0 Å². The molecule has 1 aromatic rings. The zero-order valence-corrected chi connectivity index (χ0v) is 11.8. The van der Waals surface area contributed by atoms with Crippen molar-refractivity contribution in [2.24, 2.45) is 5.73 Å². The third-order valence-electron chi connectivity index (χ3n) is 2.06. The first kappa shape index (κ1) is 18.1. The monoisotopic (exact) mass is 364 g/mol. The fourth-order valence-corrected chi connectivity index (χ4v) is 1.57. The summed E-state index contributed by atoms with van der Waals surface area (Å²) in [7, 11) is 0. The minimum atomic E-state index is -3.25. The molecule has 3 nitrogen and oxygen atoms in total. The Hall–Kier alpha value is -0.860. The van der Waals surface area contributed by atoms with Gasteiger partial charge in [-0.15, -0.1) is 12.4 Å². The summed E-state index contributed by atoms with van der Waals surface area (Å²) in [4.78, 5) is 11.5. The molecule has 0 bridgehead atoms. The Morgan fingerprint density at radius 3 is 2.37 bits per heavy atom. The van der Waals surface area contributed by atoms with Gasteiger partial charge in [0.15, 0.2) is 11.6 Å². The average molecular weight is 366 g/mol. The highest BCUT2D eigenvalue weighted by molar-refractivity contribution is 9.10. The summed E-state index contributed by atoms with van der Waals surface area (Å²) in [5.41, 5.74) is 4.51. The van der Waals surface area contributed by atoms with Crippen LogP contribution in [0.3, 0.4) is 0 Å². The van der Waals surface area contributed by atoms with Gasteiger partial charge >= 0.3 is 0 Å². The van der Waals surface area contributed by atoms with Crippen LogP contribution in [0.15, 0.2) is 16.6 Å². The lowest BCUT2D eigenvalue weighted by atomic mass is 10.2. The van der Waals surface area contributed by atoms with Gasteiger partial charge in [-0.25, -0.2) is 17.6 Å². The molecule has 19 heavy (non-hydrogen) atoms. The molecule has 1 aromatic carbocycles. The molecular formula is C10H10BrClF4N2O. The number of benzene rings is 1. The first-order valence-electron chi connectivity index (χ1n) is 4.77. The Morgan fingerprint density at radius 1 is 1.32 bits per heavy atom. The molecule has 0 atom stereocenters. The van der Waals surface area contributed by atoms with E-state index < -0.39 is 36.6 Å². The molecule has 1 amide bonds. The smallest absolute Gasteiger partial charge is 0.277 e. The molecule has 0 heterocycles. The lowest BCUT2D eigenvalue weighted by molar-refractivity contribution is 0.0118. The van der Waals surface area contributed by atoms with Crippen molar-refractivity contribution in [2.45, 2.75) is 5.92 Å². The van der Waals surface area contributed by atoms with Gasteiger partial charge in [0.05, 0.1) is 18.7 Å². The molecular weight excluding hydrogens is 355 g/mol. The van der Waals surface area contributed by atoms with Gasteiger partial charge in [0.25, 0.3) is 11.8 Å². The van der Waals surface area contributed by atoms with Crippen molar-refractivity contribution in [3.8, 4) is 0 Å². The summed E-state index contributed by atoms with van der Waals surface area (Å²) < 4.78 is 51.2. The van der Waals surface area contributed by atoms with Gasteiger partial charge in [-0.05, 0) is 28.1 Å². The van der Waals surface area contributed by atoms with E-state index in [9.17, 15) is 22.4 Å². The quantitative estimate of drug-likeness (QED) is 0.636. The van der Waals surface area contributed by atoms with Crippen molar-refractivity contribution in [3.05, 3.63) is 33.8 Å². The van der Waals surface area contributed by atoms with E-state index in [0.29, 0.717) is 6.07 Å². The van der Waals surface area contributed by atoms with Crippen LogP contribution in [0.4, 0.5) is 17.6 Å². The molecule has 1 rings (SSSR count). The first-order chi connectivity index (χ1) is 8.26. The molecule has 0 radical (unpaired) electrons. The molecule has 0 aromatic heterocycles. The number of carbonyl (C=O) groups is 1. The van der Waals surface area contributed by atoms with Crippen LogP contribution in [0, 0.1) is 11.6 Å². The van der Waals surface area contributed by atoms with Crippen molar-refractivity contribution in [3.63, 3.8) is 0 Å². The molecule has 0 unspecified atom stereocenters. The maximum Gasteiger partial charge on any atom is 0.277 e. The predicted molar refractivity (Wildman–Crippen MR) is 67.6 cm³/mol. The van der Waals surface area contributed by atoms with E-state index in [1.54, 1.807) is 0 Å². The number of alkyl halides is 2. The number of hydrogen-bond donors (Lipinski definition) is 2. The molecule has 0 aliphatic carbocycles. The zero-order valence-electron chi connectivity index (χ0n) is 9.35. The summed E-state index contributed by atoms with van der Waals surface area (Å²) in [6, 6.07) is 1.36. The van der Waals surface area contributed by atoms with Gasteiger partial charge in [-0.1, -0.05) is 0 Å². The van der Waals surface area contributed by atoms with Crippen LogP contribution >= 0.6 is 28.3 Å². The molecule has 0 aliphatic heterocycles. The molecule has 0 spiro atoms. The molecule has 9 heteroatoms. The lowest BCUT2D eigenvalue weighted by Crippen LogP contribution is -2.41. The minimum Gasteiger partial charge on any atom is -0.346 e. The standard InChI is InChI=1S/C10H9BrF4N2O.ClH/c11-6-2-8(13)7(12)1-5(6)9(18)17-4-10(14,15)3-16;/h1-2H,3-4,16H2,(H,17,18);1H. The fourth-order valence-electron chi connectivity index (χ4n) is 1.07. The molecule has 0 aliphatic rings. The Kier molecular flexibility index (Phi) is 6.74. The summed E-state index contributed by atoms with van der Waals surface area (Å²) in [6.07, 6.45) is 0.